The Labute approximate surface area is 142 Å². The predicted octanol–water partition coefficient (Wildman–Crippen LogP) is 3.12. The Morgan fingerprint density at radius 1 is 1.50 bits per heavy atom. The molecule has 24 heavy (non-hydrogen) atoms. The number of anilines is 1. The number of hydrogen-bond acceptors (Lipinski definition) is 5. The van der Waals surface area contributed by atoms with E-state index in [0.29, 0.717) is 23.4 Å². The molecule has 1 fully saturated rings. The molecule has 1 aliphatic rings. The van der Waals surface area contributed by atoms with E-state index in [1.807, 2.05) is 0 Å². The lowest BCUT2D eigenvalue weighted by Gasteiger charge is -2.08. The molecule has 3 heterocycles. The molecule has 1 aliphatic heterocycles. The number of H-pyrrole nitrogens is 1. The van der Waals surface area contributed by atoms with Crippen molar-refractivity contribution in [1.82, 2.24) is 14.8 Å². The van der Waals surface area contributed by atoms with Crippen LogP contribution < -0.4 is 5.32 Å². The zero-order valence-electron chi connectivity index (χ0n) is 12.8. The van der Waals surface area contributed by atoms with Crippen molar-refractivity contribution < 1.29 is 13.9 Å². The second-order valence-electron chi connectivity index (χ2n) is 5.77. The van der Waals surface area contributed by atoms with Gasteiger partial charge >= 0.3 is 0 Å². The molecule has 2 aromatic heterocycles. The molecule has 1 saturated heterocycles. The average Bonchev–Trinajstić information content (AvgIpc) is 3.27. The summed E-state index contributed by atoms with van der Waals surface area (Å²) in [5.41, 5.74) is 2.46. The van der Waals surface area contributed by atoms with Crippen LogP contribution in [0.5, 0.6) is 0 Å². The smallest absolute Gasteiger partial charge is 0.266 e. The number of benzene rings is 1. The number of fused-ring (bicyclic) bond motifs is 1. The lowest BCUT2D eigenvalue weighted by atomic mass is 10.2. The largest absolute Gasteiger partial charge is 0.429 e. The molecule has 7 nitrogen and oxygen atoms in total. The molecule has 0 spiro atoms. The fraction of sp³-hybridized carbons (Fsp3) is 0.312. The van der Waals surface area contributed by atoms with E-state index < -0.39 is 0 Å². The van der Waals surface area contributed by atoms with Gasteiger partial charge in [0.15, 0.2) is 5.58 Å². The first kappa shape index (κ1) is 15.1. The molecule has 8 heteroatoms. The van der Waals surface area contributed by atoms with Crippen LogP contribution in [0, 0.1) is 4.84 Å². The van der Waals surface area contributed by atoms with Crippen molar-refractivity contribution >= 4 is 34.9 Å². The predicted molar refractivity (Wildman–Crippen MR) is 90.6 cm³/mol. The summed E-state index contributed by atoms with van der Waals surface area (Å²) < 4.78 is 12.7. The monoisotopic (exact) mass is 344 g/mol. The molecule has 1 amide bonds. The van der Waals surface area contributed by atoms with Gasteiger partial charge in [-0.3, -0.25) is 9.48 Å². The minimum atomic E-state index is -0.226. The maximum absolute atomic E-state index is 12.4. The first-order valence-corrected chi connectivity index (χ1v) is 8.16. The van der Waals surface area contributed by atoms with E-state index in [-0.39, 0.29) is 16.8 Å². The molecular weight excluding hydrogens is 328 g/mol. The zero-order valence-corrected chi connectivity index (χ0v) is 13.6. The fourth-order valence-electron chi connectivity index (χ4n) is 2.81. The van der Waals surface area contributed by atoms with E-state index in [2.05, 4.69) is 15.4 Å². The van der Waals surface area contributed by atoms with Gasteiger partial charge in [0.25, 0.3) is 10.7 Å². The lowest BCUT2D eigenvalue weighted by Crippen LogP contribution is -2.15. The van der Waals surface area contributed by atoms with Gasteiger partial charge in [-0.25, -0.2) is 0 Å². The molecule has 0 bridgehead atoms. The van der Waals surface area contributed by atoms with Crippen molar-refractivity contribution in [3.63, 3.8) is 0 Å². The molecule has 0 aliphatic carbocycles. The molecule has 0 unspecified atom stereocenters. The lowest BCUT2D eigenvalue weighted by molar-refractivity contribution is 0.0940. The minimum absolute atomic E-state index is 0.207. The third-order valence-corrected chi connectivity index (χ3v) is 4.17. The van der Waals surface area contributed by atoms with Gasteiger partial charge in [-0.2, -0.15) is 5.10 Å². The number of nitrogens with one attached hydrogen (secondary N) is 2. The second-order valence-corrected chi connectivity index (χ2v) is 6.14. The Hall–Kier alpha value is -2.45. The van der Waals surface area contributed by atoms with Gasteiger partial charge < -0.3 is 19.5 Å². The number of hydrogen-bond donors (Lipinski definition) is 2. The van der Waals surface area contributed by atoms with Crippen molar-refractivity contribution in [2.75, 3.05) is 11.9 Å². The molecule has 3 aromatic rings. The first-order valence-electron chi connectivity index (χ1n) is 7.76. The Bertz CT molecular complexity index is 936. The number of ether oxygens (including phenoxy) is 1. The SMILES string of the molecule is O=C(Nc1cnn(C[C@@H]2CCCO2)c1)c1ccc2[nH]c(=S)oc2c1. The maximum Gasteiger partial charge on any atom is 0.266 e. The summed E-state index contributed by atoms with van der Waals surface area (Å²) in [6, 6.07) is 5.15. The summed E-state index contributed by atoms with van der Waals surface area (Å²) in [5, 5.41) is 7.10. The highest BCUT2D eigenvalue weighted by Gasteiger charge is 2.17. The quantitative estimate of drug-likeness (QED) is 0.710. The van der Waals surface area contributed by atoms with Crippen LogP contribution in [-0.4, -0.2) is 33.4 Å². The van der Waals surface area contributed by atoms with E-state index in [4.69, 9.17) is 21.4 Å². The van der Waals surface area contributed by atoms with Gasteiger partial charge in [0.05, 0.1) is 30.0 Å². The second kappa shape index (κ2) is 6.21. The van der Waals surface area contributed by atoms with Gasteiger partial charge in [-0.15, -0.1) is 0 Å². The highest BCUT2D eigenvalue weighted by atomic mass is 32.1. The standard InChI is InChI=1S/C16H16N4O3S/c21-15(10-3-4-13-14(6-10)23-16(24)19-13)18-11-7-17-20(8-11)9-12-2-1-5-22-12/h3-4,6-8,12H,1-2,5,9H2,(H,18,21)(H,19,24)/t12-/m0/s1. The molecule has 4 rings (SSSR count). The molecule has 124 valence electrons. The van der Waals surface area contributed by atoms with E-state index in [1.54, 1.807) is 35.3 Å². The summed E-state index contributed by atoms with van der Waals surface area (Å²) in [6.45, 7) is 1.51. The topological polar surface area (TPSA) is 85.1 Å². The molecule has 0 radical (unpaired) electrons. The van der Waals surface area contributed by atoms with Crippen LogP contribution in [0.3, 0.4) is 0 Å². The van der Waals surface area contributed by atoms with Crippen LogP contribution in [-0.2, 0) is 11.3 Å². The summed E-state index contributed by atoms with van der Waals surface area (Å²) in [4.78, 5) is 15.6. The Kier molecular flexibility index (Phi) is 3.91. The van der Waals surface area contributed by atoms with Gasteiger partial charge in [-0.05, 0) is 43.3 Å². The number of carbonyl (C=O) groups excluding carboxylic acids is 1. The van der Waals surface area contributed by atoms with Crippen LogP contribution >= 0.6 is 12.2 Å². The minimum Gasteiger partial charge on any atom is -0.429 e. The fourth-order valence-corrected chi connectivity index (χ4v) is 3.01. The van der Waals surface area contributed by atoms with Crippen molar-refractivity contribution in [1.29, 1.82) is 0 Å². The number of aromatic amines is 1. The van der Waals surface area contributed by atoms with Crippen LogP contribution in [0.25, 0.3) is 11.1 Å². The Morgan fingerprint density at radius 2 is 2.42 bits per heavy atom. The van der Waals surface area contributed by atoms with Crippen LogP contribution in [0.2, 0.25) is 0 Å². The maximum atomic E-state index is 12.4. The van der Waals surface area contributed by atoms with Gasteiger partial charge in [-0.1, -0.05) is 0 Å². The third-order valence-electron chi connectivity index (χ3n) is 3.99. The van der Waals surface area contributed by atoms with Crippen LogP contribution in [0.15, 0.2) is 35.0 Å². The number of carbonyl (C=O) groups is 1. The number of aromatic nitrogens is 3. The number of rotatable bonds is 4. The van der Waals surface area contributed by atoms with Gasteiger partial charge in [0, 0.05) is 18.4 Å². The zero-order chi connectivity index (χ0) is 16.5. The summed E-state index contributed by atoms with van der Waals surface area (Å²) >= 11 is 4.94. The molecule has 2 N–H and O–H groups in total. The molecule has 1 atom stereocenters. The summed E-state index contributed by atoms with van der Waals surface area (Å²) in [7, 11) is 0. The van der Waals surface area contributed by atoms with Crippen molar-refractivity contribution in [2.24, 2.45) is 0 Å². The highest BCUT2D eigenvalue weighted by molar-refractivity contribution is 7.71. The highest BCUT2D eigenvalue weighted by Crippen LogP contribution is 2.18. The number of oxazole rings is 1. The third kappa shape index (κ3) is 3.10. The Balaban J connectivity index is 1.46. The van der Waals surface area contributed by atoms with Crippen molar-refractivity contribution in [2.45, 2.75) is 25.5 Å². The molecule has 0 saturated carbocycles. The summed E-state index contributed by atoms with van der Waals surface area (Å²) in [6.07, 6.45) is 5.78. The van der Waals surface area contributed by atoms with Crippen molar-refractivity contribution in [3.05, 3.63) is 41.0 Å². The van der Waals surface area contributed by atoms with E-state index in [1.165, 1.54) is 0 Å². The van der Waals surface area contributed by atoms with Crippen molar-refractivity contribution in [3.8, 4) is 0 Å². The van der Waals surface area contributed by atoms with Crippen LogP contribution in [0.4, 0.5) is 5.69 Å². The average molecular weight is 344 g/mol. The normalized spacial score (nSPS) is 17.4. The molecule has 1 aromatic carbocycles. The number of amides is 1. The van der Waals surface area contributed by atoms with E-state index in [0.717, 1.165) is 25.0 Å². The molecular formula is C16H16N4O3S. The Morgan fingerprint density at radius 3 is 3.25 bits per heavy atom. The van der Waals surface area contributed by atoms with Gasteiger partial charge in [0.1, 0.15) is 0 Å². The van der Waals surface area contributed by atoms with Crippen LogP contribution in [0.1, 0.15) is 23.2 Å². The summed E-state index contributed by atoms with van der Waals surface area (Å²) in [5.74, 6) is -0.226. The van der Waals surface area contributed by atoms with Gasteiger partial charge in [0.2, 0.25) is 0 Å². The van der Waals surface area contributed by atoms with E-state index in [9.17, 15) is 4.79 Å². The number of nitrogens with zero attached hydrogens (tertiary/aromatic N) is 2. The van der Waals surface area contributed by atoms with E-state index >= 15 is 0 Å². The first-order chi connectivity index (χ1) is 11.7.